The van der Waals surface area contributed by atoms with Crippen LogP contribution in [0, 0.1) is 11.3 Å². The maximum absolute atomic E-state index is 11.4. The van der Waals surface area contributed by atoms with Gasteiger partial charge in [-0.1, -0.05) is 20.4 Å². The molecule has 0 aromatic heterocycles. The third-order valence-electron chi connectivity index (χ3n) is 3.69. The molecule has 1 rings (SSSR count). The molecule has 0 aliphatic heterocycles. The first-order chi connectivity index (χ1) is 7.32. The van der Waals surface area contributed by atoms with E-state index in [2.05, 4.69) is 20.4 Å². The summed E-state index contributed by atoms with van der Waals surface area (Å²) in [4.78, 5) is 11.4. The summed E-state index contributed by atoms with van der Waals surface area (Å²) in [7, 11) is 0. The van der Waals surface area contributed by atoms with Gasteiger partial charge in [0.15, 0.2) is 0 Å². The zero-order valence-electron chi connectivity index (χ0n) is 11.0. The molecule has 2 heteroatoms. The molecule has 0 saturated heterocycles. The number of rotatable bonds is 3. The van der Waals surface area contributed by atoms with E-state index >= 15 is 0 Å². The van der Waals surface area contributed by atoms with Gasteiger partial charge in [0.1, 0.15) is 6.10 Å². The van der Waals surface area contributed by atoms with Gasteiger partial charge in [-0.2, -0.15) is 0 Å². The van der Waals surface area contributed by atoms with Crippen molar-refractivity contribution in [3.63, 3.8) is 0 Å². The maximum Gasteiger partial charge on any atom is 0.333 e. The Labute approximate surface area is 99.1 Å². The summed E-state index contributed by atoms with van der Waals surface area (Å²) in [6, 6.07) is 0. The minimum Gasteiger partial charge on any atom is -0.459 e. The van der Waals surface area contributed by atoms with Crippen LogP contribution < -0.4 is 0 Å². The second-order valence-electron chi connectivity index (χ2n) is 5.89. The van der Waals surface area contributed by atoms with Gasteiger partial charge in [-0.3, -0.25) is 0 Å². The fourth-order valence-electron chi connectivity index (χ4n) is 2.26. The number of ether oxygens (including phenoxy) is 1. The van der Waals surface area contributed by atoms with Crippen LogP contribution in [-0.2, 0) is 9.53 Å². The second-order valence-corrected chi connectivity index (χ2v) is 5.89. The molecule has 1 unspecified atom stereocenters. The van der Waals surface area contributed by atoms with E-state index in [1.165, 1.54) is 12.8 Å². The molecule has 0 bridgehead atoms. The summed E-state index contributed by atoms with van der Waals surface area (Å²) >= 11 is 0. The van der Waals surface area contributed by atoms with Crippen LogP contribution in [0.5, 0.6) is 0 Å². The average molecular weight is 224 g/mol. The Bertz CT molecular complexity index is 268. The van der Waals surface area contributed by atoms with Gasteiger partial charge in [0.05, 0.1) is 0 Å². The third-order valence-corrected chi connectivity index (χ3v) is 3.69. The maximum atomic E-state index is 11.4. The molecule has 1 saturated carbocycles. The monoisotopic (exact) mass is 224 g/mol. The van der Waals surface area contributed by atoms with Gasteiger partial charge in [-0.15, -0.1) is 0 Å². The summed E-state index contributed by atoms with van der Waals surface area (Å²) in [5, 5.41) is 0. The van der Waals surface area contributed by atoms with Crippen molar-refractivity contribution in [2.24, 2.45) is 11.3 Å². The Morgan fingerprint density at radius 1 is 1.38 bits per heavy atom. The molecular weight excluding hydrogens is 200 g/mol. The van der Waals surface area contributed by atoms with E-state index in [0.717, 1.165) is 12.8 Å². The number of carbonyl (C=O) groups excluding carboxylic acids is 1. The molecule has 2 nitrogen and oxygen atoms in total. The molecule has 0 N–H and O–H groups in total. The first kappa shape index (κ1) is 13.3. The molecule has 0 aromatic carbocycles. The summed E-state index contributed by atoms with van der Waals surface area (Å²) < 4.78 is 5.38. The summed E-state index contributed by atoms with van der Waals surface area (Å²) in [5.74, 6) is 0.272. The van der Waals surface area contributed by atoms with Gasteiger partial charge in [0.2, 0.25) is 0 Å². The second kappa shape index (κ2) is 5.03. The first-order valence-corrected chi connectivity index (χ1v) is 6.18. The highest BCUT2D eigenvalue weighted by atomic mass is 16.5. The van der Waals surface area contributed by atoms with Gasteiger partial charge in [-0.25, -0.2) is 4.79 Å². The molecule has 92 valence electrons. The van der Waals surface area contributed by atoms with E-state index in [4.69, 9.17) is 4.74 Å². The molecule has 0 aromatic rings. The van der Waals surface area contributed by atoms with E-state index in [0.29, 0.717) is 16.9 Å². The van der Waals surface area contributed by atoms with Gasteiger partial charge in [-0.05, 0) is 50.9 Å². The van der Waals surface area contributed by atoms with Gasteiger partial charge < -0.3 is 4.74 Å². The van der Waals surface area contributed by atoms with Crippen molar-refractivity contribution in [1.82, 2.24) is 0 Å². The molecule has 16 heavy (non-hydrogen) atoms. The topological polar surface area (TPSA) is 26.3 Å². The number of hydrogen-bond donors (Lipinski definition) is 0. The van der Waals surface area contributed by atoms with Crippen molar-refractivity contribution in [2.75, 3.05) is 0 Å². The highest BCUT2D eigenvalue weighted by Gasteiger charge is 2.31. The average Bonchev–Trinajstić information content (AvgIpc) is 2.17. The van der Waals surface area contributed by atoms with Crippen molar-refractivity contribution in [3.8, 4) is 0 Å². The van der Waals surface area contributed by atoms with E-state index < -0.39 is 0 Å². The molecule has 1 fully saturated rings. The van der Waals surface area contributed by atoms with Crippen LogP contribution in [-0.4, -0.2) is 12.1 Å². The number of hydrogen-bond acceptors (Lipinski definition) is 2. The SMILES string of the molecule is C=C(C)C(=O)OC(C)C1CCC(C)(C)CC1. The lowest BCUT2D eigenvalue weighted by atomic mass is 9.72. The number of carbonyl (C=O) groups is 1. The van der Waals surface area contributed by atoms with E-state index in [9.17, 15) is 4.79 Å². The Balaban J connectivity index is 2.42. The van der Waals surface area contributed by atoms with E-state index in [1.807, 2.05) is 6.92 Å². The number of esters is 1. The van der Waals surface area contributed by atoms with Crippen LogP contribution in [0.4, 0.5) is 0 Å². The summed E-state index contributed by atoms with van der Waals surface area (Å²) in [6.45, 7) is 11.9. The van der Waals surface area contributed by atoms with Crippen LogP contribution in [0.15, 0.2) is 12.2 Å². The Morgan fingerprint density at radius 3 is 2.31 bits per heavy atom. The Morgan fingerprint density at radius 2 is 1.88 bits per heavy atom. The predicted octanol–water partition coefficient (Wildman–Crippen LogP) is 3.71. The molecule has 0 radical (unpaired) electrons. The predicted molar refractivity (Wildman–Crippen MR) is 66.1 cm³/mol. The van der Waals surface area contributed by atoms with Crippen LogP contribution in [0.25, 0.3) is 0 Å². The normalized spacial score (nSPS) is 22.5. The lowest BCUT2D eigenvalue weighted by molar-refractivity contribution is -0.146. The smallest absolute Gasteiger partial charge is 0.333 e. The lowest BCUT2D eigenvalue weighted by Gasteiger charge is -2.36. The molecular formula is C14H24O2. The minimum atomic E-state index is -0.252. The summed E-state index contributed by atoms with van der Waals surface area (Å²) in [6.07, 6.45) is 4.81. The van der Waals surface area contributed by atoms with Gasteiger partial charge in [0.25, 0.3) is 0 Å². The molecule has 0 spiro atoms. The Kier molecular flexibility index (Phi) is 4.17. The van der Waals surface area contributed by atoms with Crippen molar-refractivity contribution in [3.05, 3.63) is 12.2 Å². The fraction of sp³-hybridized carbons (Fsp3) is 0.786. The fourth-order valence-corrected chi connectivity index (χ4v) is 2.26. The molecule has 1 atom stereocenters. The van der Waals surface area contributed by atoms with Gasteiger partial charge in [0, 0.05) is 5.57 Å². The highest BCUT2D eigenvalue weighted by molar-refractivity contribution is 5.87. The zero-order valence-corrected chi connectivity index (χ0v) is 11.0. The van der Waals surface area contributed by atoms with Crippen molar-refractivity contribution >= 4 is 5.97 Å². The quantitative estimate of drug-likeness (QED) is 0.539. The van der Waals surface area contributed by atoms with Gasteiger partial charge >= 0.3 is 5.97 Å². The van der Waals surface area contributed by atoms with Crippen LogP contribution in [0.3, 0.4) is 0 Å². The molecule has 0 amide bonds. The zero-order chi connectivity index (χ0) is 12.3. The summed E-state index contributed by atoms with van der Waals surface area (Å²) in [5.41, 5.74) is 0.956. The largest absolute Gasteiger partial charge is 0.459 e. The van der Waals surface area contributed by atoms with Crippen molar-refractivity contribution in [2.45, 2.75) is 59.5 Å². The minimum absolute atomic E-state index is 0.0281. The Hall–Kier alpha value is -0.790. The lowest BCUT2D eigenvalue weighted by Crippen LogP contribution is -2.30. The van der Waals surface area contributed by atoms with E-state index in [-0.39, 0.29) is 12.1 Å². The van der Waals surface area contributed by atoms with Crippen LogP contribution in [0.1, 0.15) is 53.4 Å². The van der Waals surface area contributed by atoms with Crippen molar-refractivity contribution in [1.29, 1.82) is 0 Å². The van der Waals surface area contributed by atoms with Crippen LogP contribution in [0.2, 0.25) is 0 Å². The van der Waals surface area contributed by atoms with Crippen LogP contribution >= 0.6 is 0 Å². The van der Waals surface area contributed by atoms with Crippen molar-refractivity contribution < 1.29 is 9.53 Å². The third kappa shape index (κ3) is 3.66. The molecule has 1 aliphatic rings. The standard InChI is InChI=1S/C14H24O2/c1-10(2)13(15)16-11(3)12-6-8-14(4,5)9-7-12/h11-12H,1,6-9H2,2-5H3. The van der Waals surface area contributed by atoms with E-state index in [1.54, 1.807) is 6.92 Å². The molecule has 0 heterocycles. The first-order valence-electron chi connectivity index (χ1n) is 6.18. The highest BCUT2D eigenvalue weighted by Crippen LogP contribution is 2.39. The molecule has 1 aliphatic carbocycles.